The van der Waals surface area contributed by atoms with E-state index in [0.717, 1.165) is 11.8 Å². The molecule has 0 fully saturated rings. The second kappa shape index (κ2) is 4.89. The maximum absolute atomic E-state index is 11.0. The lowest BCUT2D eigenvalue weighted by Crippen LogP contribution is -2.02. The average Bonchev–Trinajstić information content (AvgIpc) is 2.38. The molecular weight excluding hydrogens is 248 g/mol. The largest absolute Gasteiger partial charge is 0.497 e. The van der Waals surface area contributed by atoms with Crippen molar-refractivity contribution in [1.29, 1.82) is 0 Å². The molecule has 2 N–H and O–H groups in total. The van der Waals surface area contributed by atoms with E-state index < -0.39 is 4.92 Å². The van der Waals surface area contributed by atoms with Crippen LogP contribution in [0.1, 0.15) is 5.56 Å². The molecule has 0 aliphatic heterocycles. The summed E-state index contributed by atoms with van der Waals surface area (Å²) in [5.41, 5.74) is 6.96. The monoisotopic (exact) mass is 260 g/mol. The number of nitrogen functional groups attached to an aromatic ring is 1. The van der Waals surface area contributed by atoms with Gasteiger partial charge in [-0.3, -0.25) is 10.1 Å². The molecule has 0 spiro atoms. The Kier molecular flexibility index (Phi) is 3.28. The second-order valence-corrected chi connectivity index (χ2v) is 3.90. The quantitative estimate of drug-likeness (QED) is 0.668. The smallest absolute Gasteiger partial charge is 0.313 e. The van der Waals surface area contributed by atoms with Gasteiger partial charge in [0.1, 0.15) is 11.9 Å². The van der Waals surface area contributed by atoms with E-state index in [-0.39, 0.29) is 17.3 Å². The molecule has 0 amide bonds. The van der Waals surface area contributed by atoms with Gasteiger partial charge in [0.25, 0.3) is 0 Å². The third kappa shape index (κ3) is 2.44. The molecule has 1 heterocycles. The van der Waals surface area contributed by atoms with Crippen molar-refractivity contribution in [3.05, 3.63) is 40.1 Å². The molecule has 0 bridgehead atoms. The van der Waals surface area contributed by atoms with E-state index >= 15 is 0 Å². The van der Waals surface area contributed by atoms with Crippen molar-refractivity contribution in [2.24, 2.45) is 0 Å². The van der Waals surface area contributed by atoms with Crippen LogP contribution in [0.2, 0.25) is 0 Å². The summed E-state index contributed by atoms with van der Waals surface area (Å²) < 4.78 is 5.10. The predicted octanol–water partition coefficient (Wildman–Crippen LogP) is 1.95. The fourth-order valence-corrected chi connectivity index (χ4v) is 1.75. The number of benzene rings is 1. The topological polar surface area (TPSA) is 104 Å². The van der Waals surface area contributed by atoms with Crippen LogP contribution >= 0.6 is 0 Å². The van der Waals surface area contributed by atoms with Gasteiger partial charge in [-0.15, -0.1) is 0 Å². The van der Waals surface area contributed by atoms with E-state index in [9.17, 15) is 10.1 Å². The van der Waals surface area contributed by atoms with Gasteiger partial charge in [0.2, 0.25) is 5.95 Å². The summed E-state index contributed by atoms with van der Waals surface area (Å²) in [7, 11) is 1.56. The van der Waals surface area contributed by atoms with Crippen LogP contribution in [0.25, 0.3) is 11.3 Å². The fourth-order valence-electron chi connectivity index (χ4n) is 1.75. The minimum atomic E-state index is -0.529. The molecule has 7 nitrogen and oxygen atoms in total. The van der Waals surface area contributed by atoms with Gasteiger partial charge in [-0.1, -0.05) is 0 Å². The van der Waals surface area contributed by atoms with Crippen molar-refractivity contribution >= 4 is 11.6 Å². The lowest BCUT2D eigenvalue weighted by Gasteiger charge is -2.08. The Morgan fingerprint density at radius 3 is 2.74 bits per heavy atom. The maximum Gasteiger partial charge on any atom is 0.313 e. The van der Waals surface area contributed by atoms with Crippen molar-refractivity contribution in [2.45, 2.75) is 6.92 Å². The van der Waals surface area contributed by atoms with E-state index in [2.05, 4.69) is 9.97 Å². The Morgan fingerprint density at radius 2 is 2.16 bits per heavy atom. The first-order valence-electron chi connectivity index (χ1n) is 5.45. The van der Waals surface area contributed by atoms with Gasteiger partial charge in [-0.25, -0.2) is 9.97 Å². The van der Waals surface area contributed by atoms with E-state index in [0.29, 0.717) is 11.3 Å². The molecule has 0 radical (unpaired) electrons. The fraction of sp³-hybridized carbons (Fsp3) is 0.167. The maximum atomic E-state index is 11.0. The number of aryl methyl sites for hydroxylation is 1. The summed E-state index contributed by atoms with van der Waals surface area (Å²) in [5.74, 6) is 0.668. The SMILES string of the molecule is COc1ccc(-c2nc(N)ncc2[N+](=O)[O-])c(C)c1. The van der Waals surface area contributed by atoms with Crippen molar-refractivity contribution in [3.8, 4) is 17.0 Å². The number of ether oxygens (including phenoxy) is 1. The molecule has 98 valence electrons. The van der Waals surface area contributed by atoms with Gasteiger partial charge >= 0.3 is 5.69 Å². The standard InChI is InChI=1S/C12H12N4O3/c1-7-5-8(19-2)3-4-9(7)11-10(16(17)18)6-14-12(13)15-11/h3-6H,1-2H3,(H2,13,14,15). The van der Waals surface area contributed by atoms with Gasteiger partial charge in [-0.2, -0.15) is 0 Å². The molecule has 0 unspecified atom stereocenters. The van der Waals surface area contributed by atoms with Crippen LogP contribution in [0, 0.1) is 17.0 Å². The van der Waals surface area contributed by atoms with Gasteiger partial charge in [-0.05, 0) is 30.7 Å². The highest BCUT2D eigenvalue weighted by atomic mass is 16.6. The van der Waals surface area contributed by atoms with Crippen molar-refractivity contribution in [1.82, 2.24) is 9.97 Å². The molecule has 0 aliphatic rings. The number of nitro groups is 1. The first kappa shape index (κ1) is 12.7. The first-order chi connectivity index (χ1) is 9.02. The van der Waals surface area contributed by atoms with Crippen LogP contribution < -0.4 is 10.5 Å². The Morgan fingerprint density at radius 1 is 1.42 bits per heavy atom. The number of rotatable bonds is 3. The normalized spacial score (nSPS) is 10.2. The summed E-state index contributed by atoms with van der Waals surface area (Å²) in [6.07, 6.45) is 1.11. The molecule has 7 heteroatoms. The number of nitrogens with two attached hydrogens (primary N) is 1. The van der Waals surface area contributed by atoms with Crippen LogP contribution in [0.3, 0.4) is 0 Å². The Labute approximate surface area is 109 Å². The van der Waals surface area contributed by atoms with Gasteiger partial charge in [0.05, 0.1) is 12.0 Å². The Hall–Kier alpha value is -2.70. The molecular formula is C12H12N4O3. The third-order valence-electron chi connectivity index (χ3n) is 2.67. The summed E-state index contributed by atoms with van der Waals surface area (Å²) >= 11 is 0. The predicted molar refractivity (Wildman–Crippen MR) is 69.8 cm³/mol. The van der Waals surface area contributed by atoms with Crippen LogP contribution in [-0.4, -0.2) is 22.0 Å². The zero-order chi connectivity index (χ0) is 14.0. The molecule has 0 saturated carbocycles. The van der Waals surface area contributed by atoms with Crippen LogP contribution in [0.15, 0.2) is 24.4 Å². The Balaban J connectivity index is 2.64. The zero-order valence-corrected chi connectivity index (χ0v) is 10.5. The molecule has 0 atom stereocenters. The number of aromatic nitrogens is 2. The van der Waals surface area contributed by atoms with E-state index in [1.165, 1.54) is 0 Å². The number of methoxy groups -OCH3 is 1. The molecule has 0 saturated heterocycles. The van der Waals surface area contributed by atoms with Crippen molar-refractivity contribution in [3.63, 3.8) is 0 Å². The molecule has 2 rings (SSSR count). The highest BCUT2D eigenvalue weighted by Crippen LogP contribution is 2.31. The highest BCUT2D eigenvalue weighted by Gasteiger charge is 2.19. The summed E-state index contributed by atoms with van der Waals surface area (Å²) in [6.45, 7) is 1.82. The summed E-state index contributed by atoms with van der Waals surface area (Å²) in [5, 5.41) is 11.0. The molecule has 0 aliphatic carbocycles. The molecule has 1 aromatic carbocycles. The number of nitrogens with zero attached hydrogens (tertiary/aromatic N) is 3. The summed E-state index contributed by atoms with van der Waals surface area (Å²) in [6, 6.07) is 5.20. The molecule has 19 heavy (non-hydrogen) atoms. The highest BCUT2D eigenvalue weighted by molar-refractivity contribution is 5.73. The van der Waals surface area contributed by atoms with Gasteiger partial charge < -0.3 is 10.5 Å². The lowest BCUT2D eigenvalue weighted by molar-refractivity contribution is -0.384. The first-order valence-corrected chi connectivity index (χ1v) is 5.45. The van der Waals surface area contributed by atoms with E-state index in [1.54, 1.807) is 25.3 Å². The number of hydrogen-bond acceptors (Lipinski definition) is 6. The average molecular weight is 260 g/mol. The number of hydrogen-bond donors (Lipinski definition) is 1. The minimum absolute atomic E-state index is 0.00387. The molecule has 1 aromatic heterocycles. The molecule has 2 aromatic rings. The van der Waals surface area contributed by atoms with Gasteiger partial charge in [0, 0.05) is 5.56 Å². The summed E-state index contributed by atoms with van der Waals surface area (Å²) in [4.78, 5) is 18.1. The van der Waals surface area contributed by atoms with Crippen LogP contribution in [0.4, 0.5) is 11.6 Å². The van der Waals surface area contributed by atoms with E-state index in [1.807, 2.05) is 6.92 Å². The van der Waals surface area contributed by atoms with Crippen LogP contribution in [-0.2, 0) is 0 Å². The van der Waals surface area contributed by atoms with Gasteiger partial charge in [0.15, 0.2) is 5.69 Å². The minimum Gasteiger partial charge on any atom is -0.497 e. The van der Waals surface area contributed by atoms with Crippen molar-refractivity contribution < 1.29 is 9.66 Å². The van der Waals surface area contributed by atoms with E-state index in [4.69, 9.17) is 10.5 Å². The third-order valence-corrected chi connectivity index (χ3v) is 2.67. The van der Waals surface area contributed by atoms with Crippen LogP contribution in [0.5, 0.6) is 5.75 Å². The number of anilines is 1. The zero-order valence-electron chi connectivity index (χ0n) is 10.5. The second-order valence-electron chi connectivity index (χ2n) is 3.90. The Bertz CT molecular complexity index is 643. The lowest BCUT2D eigenvalue weighted by atomic mass is 10.0. The van der Waals surface area contributed by atoms with Crippen molar-refractivity contribution in [2.75, 3.05) is 12.8 Å².